The molecule has 9 heavy (non-hydrogen) atoms. The van der Waals surface area contributed by atoms with Gasteiger partial charge in [0, 0.05) is 0 Å². The average molecular weight is 153 g/mol. The number of aliphatic carboxylic acids is 1. The van der Waals surface area contributed by atoms with Crippen molar-refractivity contribution in [2.75, 3.05) is 5.88 Å². The number of carbonyl (C=O) groups excluding carboxylic acids is 1. The van der Waals surface area contributed by atoms with Crippen LogP contribution in [0.4, 0.5) is 0 Å². The summed E-state index contributed by atoms with van der Waals surface area (Å²) >= 11 is 4.74. The van der Waals surface area contributed by atoms with Gasteiger partial charge in [-0.1, -0.05) is 0 Å². The van der Waals surface area contributed by atoms with Gasteiger partial charge in [0.25, 0.3) is 0 Å². The highest BCUT2D eigenvalue weighted by molar-refractivity contribution is 6.26. The molecule has 0 aliphatic rings. The number of halogens is 1. The topological polar surface area (TPSA) is 54.4 Å². The van der Waals surface area contributed by atoms with Crippen molar-refractivity contribution in [3.63, 3.8) is 0 Å². The number of carbonyl (C=O) groups is 2. The highest BCUT2D eigenvalue weighted by Gasteiger charge is 1.83. The first kappa shape index (κ1) is 11.3. The van der Waals surface area contributed by atoms with Crippen LogP contribution >= 0.6 is 11.6 Å². The third kappa shape index (κ3) is 107. The van der Waals surface area contributed by atoms with Crippen molar-refractivity contribution in [2.45, 2.75) is 13.8 Å². The molecule has 0 heterocycles. The Morgan fingerprint density at radius 1 is 1.44 bits per heavy atom. The Bertz CT molecular complexity index is 96.4. The molecule has 54 valence electrons. The number of Topliss-reactive ketones (excluding diaryl/α,β-unsaturated/α-hetero) is 1. The van der Waals surface area contributed by atoms with Gasteiger partial charge in [-0.15, -0.1) is 11.6 Å². The fraction of sp³-hybridized carbons (Fsp3) is 0.600. The van der Waals surface area contributed by atoms with E-state index in [9.17, 15) is 9.59 Å². The maximum Gasteiger partial charge on any atom is 0.318 e. The molecule has 0 radical (unpaired) electrons. The summed E-state index contributed by atoms with van der Waals surface area (Å²) in [5.74, 6) is -1.12. The summed E-state index contributed by atoms with van der Waals surface area (Å²) in [6.07, 6.45) is 0. The molecule has 0 amide bonds. The Kier molecular flexibility index (Phi) is 9.29. The molecule has 4 heteroatoms. The summed E-state index contributed by atoms with van der Waals surface area (Å²) in [5.41, 5.74) is 0. The molecule has 0 saturated carbocycles. The molecule has 0 rings (SSSR count). The zero-order valence-corrected chi connectivity index (χ0v) is 6.10. The lowest BCUT2D eigenvalue weighted by atomic mass is 10.6. The van der Waals surface area contributed by atoms with Gasteiger partial charge in [-0.05, 0) is 13.8 Å². The van der Waals surface area contributed by atoms with E-state index in [4.69, 9.17) is 16.7 Å². The summed E-state index contributed by atoms with van der Waals surface area (Å²) in [6.45, 7) is 3.06. The molecule has 0 aromatic carbocycles. The van der Waals surface area contributed by atoms with Gasteiger partial charge < -0.3 is 9.90 Å². The lowest BCUT2D eigenvalue weighted by Crippen LogP contribution is -1.92. The molecule has 0 fully saturated rings. The number of ketones is 1. The van der Waals surface area contributed by atoms with Crippen LogP contribution in [0.3, 0.4) is 0 Å². The molecule has 0 unspecified atom stereocenters. The predicted octanol–water partition coefficient (Wildman–Crippen LogP) is 0.905. The van der Waals surface area contributed by atoms with Crippen LogP contribution in [-0.2, 0) is 9.59 Å². The second kappa shape index (κ2) is 7.43. The molecule has 0 aliphatic carbocycles. The average Bonchev–Trinajstić information content (AvgIpc) is 1.65. The normalized spacial score (nSPS) is 7.00. The van der Waals surface area contributed by atoms with Crippen LogP contribution in [0.15, 0.2) is 0 Å². The maximum atomic E-state index is 9.44. The third-order valence-electron chi connectivity index (χ3n) is 0.114. The van der Waals surface area contributed by atoms with Crippen molar-refractivity contribution in [3.8, 4) is 0 Å². The van der Waals surface area contributed by atoms with Gasteiger partial charge in [0.05, 0.1) is 0 Å². The van der Waals surface area contributed by atoms with Crippen LogP contribution in [0.25, 0.3) is 0 Å². The molecule has 0 aromatic rings. The van der Waals surface area contributed by atoms with Crippen molar-refractivity contribution < 1.29 is 14.7 Å². The van der Waals surface area contributed by atoms with Crippen molar-refractivity contribution in [2.24, 2.45) is 0 Å². The van der Waals surface area contributed by atoms with E-state index < -0.39 is 5.97 Å². The van der Waals surface area contributed by atoms with E-state index in [0.29, 0.717) is 0 Å². The minimum atomic E-state index is -0.980. The molecule has 0 aliphatic heterocycles. The zero-order chi connectivity index (χ0) is 7.86. The Morgan fingerprint density at radius 3 is 1.56 bits per heavy atom. The fourth-order valence-corrected chi connectivity index (χ4v) is 0. The van der Waals surface area contributed by atoms with Gasteiger partial charge in [0.1, 0.15) is 11.7 Å². The summed E-state index contributed by atoms with van der Waals surface area (Å²) in [4.78, 5) is 18.7. The molecule has 0 atom stereocenters. The van der Waals surface area contributed by atoms with Gasteiger partial charge >= 0.3 is 5.97 Å². The van der Waals surface area contributed by atoms with Gasteiger partial charge in [-0.25, -0.2) is 0 Å². The van der Waals surface area contributed by atoms with E-state index in [2.05, 4.69) is 0 Å². The molecule has 1 N–H and O–H groups in total. The monoisotopic (exact) mass is 152 g/mol. The first-order chi connectivity index (χ1) is 4.00. The summed E-state index contributed by atoms with van der Waals surface area (Å²) in [7, 11) is 0. The lowest BCUT2D eigenvalue weighted by molar-refractivity contribution is -0.134. The van der Waals surface area contributed by atoms with E-state index in [1.165, 1.54) is 13.8 Å². The number of carboxylic acids is 1. The Balaban J connectivity index is 0. The van der Waals surface area contributed by atoms with Crippen molar-refractivity contribution in [3.05, 3.63) is 0 Å². The molecular formula is C5H9ClO3. The van der Waals surface area contributed by atoms with Crippen LogP contribution in [0, 0.1) is 0 Å². The lowest BCUT2D eigenvalue weighted by Gasteiger charge is -1.69. The van der Waals surface area contributed by atoms with E-state index in [1.807, 2.05) is 0 Å². The largest absolute Gasteiger partial charge is 0.480 e. The van der Waals surface area contributed by atoms with Crippen LogP contribution < -0.4 is 0 Å². The van der Waals surface area contributed by atoms with E-state index in [1.54, 1.807) is 0 Å². The number of rotatable bonds is 1. The van der Waals surface area contributed by atoms with Gasteiger partial charge in [0.2, 0.25) is 0 Å². The van der Waals surface area contributed by atoms with Crippen molar-refractivity contribution in [1.29, 1.82) is 0 Å². The zero-order valence-electron chi connectivity index (χ0n) is 5.35. The first-order valence-corrected chi connectivity index (χ1v) is 2.79. The smallest absolute Gasteiger partial charge is 0.318 e. The standard InChI is InChI=1S/C3H6O.C2H3ClO2/c1-3(2)4;3-1-2(4)5/h1-2H3;1H2,(H,4,5). The second-order valence-electron chi connectivity index (χ2n) is 1.44. The molecule has 0 saturated heterocycles. The molecule has 0 aromatic heterocycles. The highest BCUT2D eigenvalue weighted by atomic mass is 35.5. The Morgan fingerprint density at radius 2 is 1.56 bits per heavy atom. The number of hydrogen-bond acceptors (Lipinski definition) is 2. The van der Waals surface area contributed by atoms with Crippen molar-refractivity contribution >= 4 is 23.4 Å². The molecule has 3 nitrogen and oxygen atoms in total. The highest BCUT2D eigenvalue weighted by Crippen LogP contribution is 1.67. The molecule has 0 bridgehead atoms. The van der Waals surface area contributed by atoms with Gasteiger partial charge in [-0.2, -0.15) is 0 Å². The number of alkyl halides is 1. The fourth-order valence-electron chi connectivity index (χ4n) is 0. The minimum absolute atomic E-state index is 0.167. The van der Waals surface area contributed by atoms with E-state index in [0.717, 1.165) is 0 Å². The van der Waals surface area contributed by atoms with Gasteiger partial charge in [-0.3, -0.25) is 4.79 Å². The minimum Gasteiger partial charge on any atom is -0.480 e. The second-order valence-corrected chi connectivity index (χ2v) is 1.70. The van der Waals surface area contributed by atoms with Crippen LogP contribution in [-0.4, -0.2) is 22.7 Å². The van der Waals surface area contributed by atoms with Crippen LogP contribution in [0.1, 0.15) is 13.8 Å². The first-order valence-electron chi connectivity index (χ1n) is 2.25. The van der Waals surface area contributed by atoms with Crippen molar-refractivity contribution in [1.82, 2.24) is 0 Å². The SMILES string of the molecule is CC(C)=O.O=C(O)CCl. The quantitative estimate of drug-likeness (QED) is 0.568. The predicted molar refractivity (Wildman–Crippen MR) is 34.7 cm³/mol. The summed E-state index contributed by atoms with van der Waals surface area (Å²) < 4.78 is 0. The van der Waals surface area contributed by atoms with E-state index in [-0.39, 0.29) is 11.7 Å². The van der Waals surface area contributed by atoms with Crippen LogP contribution in [0.5, 0.6) is 0 Å². The third-order valence-corrected chi connectivity index (χ3v) is 0.343. The van der Waals surface area contributed by atoms with E-state index >= 15 is 0 Å². The Labute approximate surface area is 58.6 Å². The number of hydrogen-bond donors (Lipinski definition) is 1. The molecular weight excluding hydrogens is 144 g/mol. The summed E-state index contributed by atoms with van der Waals surface area (Å²) in [6, 6.07) is 0. The Hall–Kier alpha value is -0.570. The van der Waals surface area contributed by atoms with Gasteiger partial charge in [0.15, 0.2) is 0 Å². The summed E-state index contributed by atoms with van der Waals surface area (Å²) in [5, 5.41) is 7.59. The van der Waals surface area contributed by atoms with Crippen LogP contribution in [0.2, 0.25) is 0 Å². The number of carboxylic acid groups (broad SMARTS) is 1. The molecule has 0 spiro atoms. The maximum absolute atomic E-state index is 9.44.